The number of fused-ring (bicyclic) bond motifs is 1. The van der Waals surface area contributed by atoms with Gasteiger partial charge in [0.15, 0.2) is 5.82 Å². The minimum atomic E-state index is -4.56. The Labute approximate surface area is 187 Å². The number of hydrogen-bond acceptors (Lipinski definition) is 6. The van der Waals surface area contributed by atoms with Crippen molar-refractivity contribution in [3.63, 3.8) is 0 Å². The highest BCUT2D eigenvalue weighted by Crippen LogP contribution is 2.36. The Bertz CT molecular complexity index is 1250. The molecule has 0 aliphatic carbocycles. The Hall–Kier alpha value is -2.69. The molecule has 31 heavy (non-hydrogen) atoms. The van der Waals surface area contributed by atoms with Crippen molar-refractivity contribution in [3.8, 4) is 10.4 Å². The lowest BCUT2D eigenvalue weighted by Gasteiger charge is -2.10. The van der Waals surface area contributed by atoms with Crippen molar-refractivity contribution in [2.75, 3.05) is 11.1 Å². The van der Waals surface area contributed by atoms with Crippen molar-refractivity contribution in [1.29, 1.82) is 0 Å². The summed E-state index contributed by atoms with van der Waals surface area (Å²) in [7, 11) is 0. The average molecular weight is 481 g/mol. The van der Waals surface area contributed by atoms with Gasteiger partial charge in [0.05, 0.1) is 16.3 Å². The quantitative estimate of drug-likeness (QED) is 0.274. The molecule has 158 valence electrons. The largest absolute Gasteiger partial charge is 0.417 e. The molecular weight excluding hydrogens is 469 g/mol. The Balaban J connectivity index is 1.47. The first-order valence-corrected chi connectivity index (χ1v) is 10.9. The topological polar surface area (TPSA) is 67.8 Å². The van der Waals surface area contributed by atoms with Crippen molar-refractivity contribution in [2.24, 2.45) is 0 Å². The van der Waals surface area contributed by atoms with E-state index in [0.717, 1.165) is 26.7 Å². The van der Waals surface area contributed by atoms with E-state index in [1.807, 2.05) is 36.4 Å². The molecule has 0 aliphatic heterocycles. The second-order valence-corrected chi connectivity index (χ2v) is 8.67. The summed E-state index contributed by atoms with van der Waals surface area (Å²) in [5.74, 6) is -0.624. The van der Waals surface area contributed by atoms with E-state index >= 15 is 0 Å². The molecule has 0 radical (unpaired) electrons. The monoisotopic (exact) mass is 480 g/mol. The first-order valence-electron chi connectivity index (χ1n) is 8.76. The minimum absolute atomic E-state index is 0.0261. The lowest BCUT2D eigenvalue weighted by molar-refractivity contribution is -0.137. The average Bonchev–Trinajstić information content (AvgIpc) is 3.18. The minimum Gasteiger partial charge on any atom is -0.309 e. The SMILES string of the molecule is O=C(CSc1ncnc2sc(-c3ccccc3)cc12)Nc1ncc(C(F)(F)F)cc1Cl. The zero-order valence-corrected chi connectivity index (χ0v) is 17.9. The molecule has 0 atom stereocenters. The van der Waals surface area contributed by atoms with Gasteiger partial charge in [-0.05, 0) is 17.7 Å². The highest BCUT2D eigenvalue weighted by Gasteiger charge is 2.31. The van der Waals surface area contributed by atoms with Gasteiger partial charge in [0.25, 0.3) is 0 Å². The van der Waals surface area contributed by atoms with Crippen LogP contribution in [0.4, 0.5) is 19.0 Å². The Morgan fingerprint density at radius 2 is 1.90 bits per heavy atom. The fraction of sp³-hybridized carbons (Fsp3) is 0.100. The van der Waals surface area contributed by atoms with Crippen molar-refractivity contribution in [3.05, 3.63) is 65.6 Å². The number of nitrogens with one attached hydrogen (secondary N) is 1. The smallest absolute Gasteiger partial charge is 0.309 e. The Kier molecular flexibility index (Phi) is 6.12. The number of aromatic nitrogens is 3. The van der Waals surface area contributed by atoms with E-state index in [2.05, 4.69) is 20.3 Å². The van der Waals surface area contributed by atoms with Crippen LogP contribution in [-0.2, 0) is 11.0 Å². The fourth-order valence-electron chi connectivity index (χ4n) is 2.68. The molecule has 1 amide bonds. The van der Waals surface area contributed by atoms with Crippen molar-refractivity contribution < 1.29 is 18.0 Å². The van der Waals surface area contributed by atoms with Gasteiger partial charge in [-0.25, -0.2) is 15.0 Å². The van der Waals surface area contributed by atoms with Crippen LogP contribution >= 0.6 is 34.7 Å². The van der Waals surface area contributed by atoms with Gasteiger partial charge in [0.1, 0.15) is 16.2 Å². The zero-order chi connectivity index (χ0) is 22.0. The number of carbonyl (C=O) groups is 1. The highest BCUT2D eigenvalue weighted by molar-refractivity contribution is 8.00. The maximum absolute atomic E-state index is 12.7. The number of carbonyl (C=O) groups excluding carboxylic acids is 1. The number of pyridine rings is 1. The third kappa shape index (κ3) is 4.97. The molecule has 0 saturated carbocycles. The standard InChI is InChI=1S/C20H12ClF3N4OS2/c21-14-6-12(20(22,23)24)8-25-17(14)28-16(29)9-30-18-13-7-15(11-4-2-1-3-5-11)31-19(13)27-10-26-18/h1-8,10H,9H2,(H,25,28,29). The predicted molar refractivity (Wildman–Crippen MR) is 116 cm³/mol. The van der Waals surface area contributed by atoms with Gasteiger partial charge in [0.2, 0.25) is 5.91 Å². The molecule has 0 fully saturated rings. The van der Waals surface area contributed by atoms with Crippen LogP contribution in [0.25, 0.3) is 20.7 Å². The number of thioether (sulfide) groups is 1. The lowest BCUT2D eigenvalue weighted by atomic mass is 10.2. The van der Waals surface area contributed by atoms with Crippen LogP contribution in [0.5, 0.6) is 0 Å². The summed E-state index contributed by atoms with van der Waals surface area (Å²) in [5, 5.41) is 3.60. The van der Waals surface area contributed by atoms with Crippen LogP contribution in [-0.4, -0.2) is 26.6 Å². The highest BCUT2D eigenvalue weighted by atomic mass is 35.5. The summed E-state index contributed by atoms with van der Waals surface area (Å²) in [5.41, 5.74) is 0.0714. The third-order valence-electron chi connectivity index (χ3n) is 4.12. The van der Waals surface area contributed by atoms with E-state index in [4.69, 9.17) is 11.6 Å². The normalized spacial score (nSPS) is 11.6. The van der Waals surface area contributed by atoms with Crippen LogP contribution in [0.1, 0.15) is 5.56 Å². The summed E-state index contributed by atoms with van der Waals surface area (Å²) in [6.07, 6.45) is -2.51. The van der Waals surface area contributed by atoms with Crippen LogP contribution in [0.15, 0.2) is 60.0 Å². The van der Waals surface area contributed by atoms with E-state index in [-0.39, 0.29) is 16.6 Å². The van der Waals surface area contributed by atoms with E-state index in [1.165, 1.54) is 29.4 Å². The molecule has 11 heteroatoms. The third-order valence-corrected chi connectivity index (χ3v) is 6.50. The molecule has 1 aromatic carbocycles. The van der Waals surface area contributed by atoms with Crippen LogP contribution in [0.2, 0.25) is 5.02 Å². The molecule has 0 unspecified atom stereocenters. The second-order valence-electron chi connectivity index (χ2n) is 6.26. The molecule has 3 heterocycles. The van der Waals surface area contributed by atoms with Gasteiger partial charge < -0.3 is 5.32 Å². The van der Waals surface area contributed by atoms with Gasteiger partial charge in [-0.2, -0.15) is 13.2 Å². The number of nitrogens with zero attached hydrogens (tertiary/aromatic N) is 3. The molecule has 4 rings (SSSR count). The maximum Gasteiger partial charge on any atom is 0.417 e. The predicted octanol–water partition coefficient (Wildman–Crippen LogP) is 6.16. The summed E-state index contributed by atoms with van der Waals surface area (Å²) >= 11 is 8.55. The van der Waals surface area contributed by atoms with E-state index in [9.17, 15) is 18.0 Å². The van der Waals surface area contributed by atoms with Gasteiger partial charge in [-0.15, -0.1) is 11.3 Å². The molecule has 4 aromatic rings. The number of alkyl halides is 3. The molecule has 3 aromatic heterocycles. The molecular formula is C20H12ClF3N4OS2. The number of benzene rings is 1. The van der Waals surface area contributed by atoms with E-state index < -0.39 is 17.6 Å². The summed E-state index contributed by atoms with van der Waals surface area (Å²) in [6.45, 7) is 0. The fourth-order valence-corrected chi connectivity index (χ4v) is 4.74. The number of anilines is 1. The maximum atomic E-state index is 12.7. The van der Waals surface area contributed by atoms with Crippen LogP contribution < -0.4 is 5.32 Å². The van der Waals surface area contributed by atoms with Crippen LogP contribution in [0, 0.1) is 0 Å². The number of rotatable bonds is 5. The van der Waals surface area contributed by atoms with Crippen molar-refractivity contribution in [2.45, 2.75) is 11.2 Å². The summed E-state index contributed by atoms with van der Waals surface area (Å²) in [4.78, 5) is 26.3. The lowest BCUT2D eigenvalue weighted by Crippen LogP contribution is -2.16. The van der Waals surface area contributed by atoms with Crippen molar-refractivity contribution >= 4 is 56.6 Å². The molecule has 5 nitrogen and oxygen atoms in total. The number of halogens is 4. The van der Waals surface area contributed by atoms with Gasteiger partial charge in [-0.3, -0.25) is 4.79 Å². The number of thiophene rings is 1. The summed E-state index contributed by atoms with van der Waals surface area (Å²) in [6, 6.07) is 12.5. The Morgan fingerprint density at radius 1 is 1.13 bits per heavy atom. The number of hydrogen-bond donors (Lipinski definition) is 1. The number of amides is 1. The van der Waals surface area contributed by atoms with E-state index in [1.54, 1.807) is 0 Å². The van der Waals surface area contributed by atoms with Crippen molar-refractivity contribution in [1.82, 2.24) is 15.0 Å². The van der Waals surface area contributed by atoms with Gasteiger partial charge in [-0.1, -0.05) is 53.7 Å². The zero-order valence-electron chi connectivity index (χ0n) is 15.5. The Morgan fingerprint density at radius 3 is 2.61 bits per heavy atom. The van der Waals surface area contributed by atoms with Gasteiger partial charge >= 0.3 is 6.18 Å². The van der Waals surface area contributed by atoms with E-state index in [0.29, 0.717) is 11.2 Å². The molecule has 0 aliphatic rings. The first-order chi connectivity index (χ1) is 14.8. The molecule has 0 saturated heterocycles. The van der Waals surface area contributed by atoms with Crippen LogP contribution in [0.3, 0.4) is 0 Å². The first kappa shape index (κ1) is 21.5. The molecule has 0 spiro atoms. The molecule has 0 bridgehead atoms. The van der Waals surface area contributed by atoms with Gasteiger partial charge in [0, 0.05) is 16.5 Å². The second kappa shape index (κ2) is 8.81. The molecule has 1 N–H and O–H groups in total. The summed E-state index contributed by atoms with van der Waals surface area (Å²) < 4.78 is 38.1.